The van der Waals surface area contributed by atoms with Gasteiger partial charge in [0.25, 0.3) is 0 Å². The summed E-state index contributed by atoms with van der Waals surface area (Å²) in [7, 11) is 0.585. The van der Waals surface area contributed by atoms with Crippen molar-refractivity contribution in [2.75, 3.05) is 25.9 Å². The zero-order valence-electron chi connectivity index (χ0n) is 13.4. The van der Waals surface area contributed by atoms with Crippen LogP contribution in [-0.4, -0.2) is 56.6 Å². The summed E-state index contributed by atoms with van der Waals surface area (Å²) in [4.78, 5) is 27.1. The lowest BCUT2D eigenvalue weighted by molar-refractivity contribution is -0.134. The van der Waals surface area contributed by atoms with Gasteiger partial charge < -0.3 is 9.80 Å². The Kier molecular flexibility index (Phi) is 4.53. The van der Waals surface area contributed by atoms with Crippen LogP contribution >= 0.6 is 0 Å². The van der Waals surface area contributed by atoms with E-state index in [1.807, 2.05) is 35.2 Å². The van der Waals surface area contributed by atoms with Gasteiger partial charge in [0.1, 0.15) is 10.6 Å². The predicted molar refractivity (Wildman–Crippen MR) is 89.1 cm³/mol. The highest BCUT2D eigenvalue weighted by molar-refractivity contribution is 7.87. The summed E-state index contributed by atoms with van der Waals surface area (Å²) in [6.07, 6.45) is 2.46. The van der Waals surface area contributed by atoms with Crippen LogP contribution in [0.15, 0.2) is 30.3 Å². The number of benzene rings is 1. The van der Waals surface area contributed by atoms with E-state index in [1.54, 1.807) is 11.9 Å². The number of amides is 2. The monoisotopic (exact) mass is 334 g/mol. The van der Waals surface area contributed by atoms with Crippen LogP contribution < -0.4 is 0 Å². The van der Waals surface area contributed by atoms with Gasteiger partial charge in [0.2, 0.25) is 11.8 Å². The lowest BCUT2D eigenvalue weighted by Gasteiger charge is -2.42. The van der Waals surface area contributed by atoms with Crippen LogP contribution in [0.4, 0.5) is 0 Å². The quantitative estimate of drug-likeness (QED) is 0.833. The van der Waals surface area contributed by atoms with Gasteiger partial charge in [-0.3, -0.25) is 13.8 Å². The lowest BCUT2D eigenvalue weighted by atomic mass is 10.0. The highest BCUT2D eigenvalue weighted by Crippen LogP contribution is 2.36. The van der Waals surface area contributed by atoms with Crippen molar-refractivity contribution in [1.82, 2.24) is 9.80 Å². The molecule has 23 heavy (non-hydrogen) atoms. The summed E-state index contributed by atoms with van der Waals surface area (Å²) in [6.45, 7) is 1.16. The van der Waals surface area contributed by atoms with Crippen molar-refractivity contribution >= 4 is 22.6 Å². The maximum atomic E-state index is 12.4. The highest BCUT2D eigenvalue weighted by Gasteiger charge is 2.51. The van der Waals surface area contributed by atoms with Gasteiger partial charge in [0, 0.05) is 39.4 Å². The molecule has 2 aliphatic rings. The lowest BCUT2D eigenvalue weighted by Crippen LogP contribution is -2.54. The number of carbonyl (C=O) groups excluding carboxylic acids is 2. The molecule has 0 N–H and O–H groups in total. The molecule has 0 aromatic heterocycles. The molecule has 1 spiro atoms. The standard InChI is InChI=1S/C17H22N2O3S/c1-18-16(21)13-23(22)17(18)9-11-19(12-10-17)15(20)8-7-14-5-3-2-4-6-14/h2-6H,7-13H2,1H3. The Hall–Kier alpha value is -1.69. The Labute approximate surface area is 139 Å². The summed E-state index contributed by atoms with van der Waals surface area (Å²) in [5.74, 6) is 0.215. The van der Waals surface area contributed by atoms with E-state index in [9.17, 15) is 13.8 Å². The first-order valence-corrected chi connectivity index (χ1v) is 9.32. The van der Waals surface area contributed by atoms with Crippen LogP contribution in [0.25, 0.3) is 0 Å². The van der Waals surface area contributed by atoms with Crippen molar-refractivity contribution in [3.05, 3.63) is 35.9 Å². The first-order valence-electron chi connectivity index (χ1n) is 8.00. The van der Waals surface area contributed by atoms with Gasteiger partial charge in [0.05, 0.1) is 10.8 Å². The summed E-state index contributed by atoms with van der Waals surface area (Å²) < 4.78 is 12.3. The van der Waals surface area contributed by atoms with Crippen LogP contribution in [0.5, 0.6) is 0 Å². The van der Waals surface area contributed by atoms with Crippen molar-refractivity contribution in [3.8, 4) is 0 Å². The van der Waals surface area contributed by atoms with E-state index >= 15 is 0 Å². The molecule has 2 fully saturated rings. The van der Waals surface area contributed by atoms with E-state index in [1.165, 1.54) is 0 Å². The Bertz CT molecular complexity index is 624. The number of hydrogen-bond donors (Lipinski definition) is 0. The number of hydrogen-bond acceptors (Lipinski definition) is 3. The van der Waals surface area contributed by atoms with Gasteiger partial charge >= 0.3 is 0 Å². The van der Waals surface area contributed by atoms with E-state index in [2.05, 4.69) is 0 Å². The predicted octanol–water partition coefficient (Wildman–Crippen LogP) is 1.16. The molecule has 124 valence electrons. The molecule has 1 aromatic rings. The largest absolute Gasteiger partial charge is 0.342 e. The van der Waals surface area contributed by atoms with E-state index in [0.717, 1.165) is 12.0 Å². The van der Waals surface area contributed by atoms with Crippen molar-refractivity contribution < 1.29 is 13.8 Å². The van der Waals surface area contributed by atoms with Gasteiger partial charge in [-0.2, -0.15) is 0 Å². The fourth-order valence-electron chi connectivity index (χ4n) is 3.45. The van der Waals surface area contributed by atoms with Crippen molar-refractivity contribution in [2.45, 2.75) is 30.6 Å². The van der Waals surface area contributed by atoms with Crippen LogP contribution in [0.3, 0.4) is 0 Å². The second-order valence-electron chi connectivity index (χ2n) is 6.26. The minimum absolute atomic E-state index is 0.0489. The first kappa shape index (κ1) is 16.2. The number of likely N-dealkylation sites (tertiary alicyclic amines) is 1. The number of aryl methyl sites for hydroxylation is 1. The van der Waals surface area contributed by atoms with Crippen molar-refractivity contribution in [1.29, 1.82) is 0 Å². The maximum absolute atomic E-state index is 12.4. The van der Waals surface area contributed by atoms with Crippen LogP contribution in [0, 0.1) is 0 Å². The second-order valence-corrected chi connectivity index (χ2v) is 7.99. The SMILES string of the molecule is CN1C(=O)CS(=O)C12CCN(C(=O)CCc1ccccc1)CC2. The van der Waals surface area contributed by atoms with E-state index < -0.39 is 15.7 Å². The second kappa shape index (κ2) is 6.43. The molecule has 2 aliphatic heterocycles. The third-order valence-corrected chi connectivity index (χ3v) is 7.07. The molecule has 2 saturated heterocycles. The molecule has 0 aliphatic carbocycles. The van der Waals surface area contributed by atoms with Crippen molar-refractivity contribution in [2.24, 2.45) is 0 Å². The van der Waals surface area contributed by atoms with Crippen LogP contribution in [0.1, 0.15) is 24.8 Å². The molecule has 0 saturated carbocycles. The van der Waals surface area contributed by atoms with Gasteiger partial charge in [-0.25, -0.2) is 0 Å². The average molecular weight is 334 g/mol. The highest BCUT2D eigenvalue weighted by atomic mass is 32.2. The molecule has 2 amide bonds. The van der Waals surface area contributed by atoms with E-state index in [0.29, 0.717) is 32.4 Å². The van der Waals surface area contributed by atoms with Gasteiger partial charge in [-0.15, -0.1) is 0 Å². The maximum Gasteiger partial charge on any atom is 0.236 e. The topological polar surface area (TPSA) is 57.7 Å². The average Bonchev–Trinajstić information content (AvgIpc) is 2.78. The minimum Gasteiger partial charge on any atom is -0.342 e. The molecular weight excluding hydrogens is 312 g/mol. The summed E-state index contributed by atoms with van der Waals surface area (Å²) in [5, 5.41) is 0. The molecule has 1 unspecified atom stereocenters. The molecular formula is C17H22N2O3S. The number of rotatable bonds is 3. The number of piperidine rings is 1. The van der Waals surface area contributed by atoms with E-state index in [-0.39, 0.29) is 17.6 Å². The summed E-state index contributed by atoms with van der Waals surface area (Å²) in [6, 6.07) is 9.98. The number of nitrogens with zero attached hydrogens (tertiary/aromatic N) is 2. The van der Waals surface area contributed by atoms with Gasteiger partial charge in [-0.05, 0) is 12.0 Å². The zero-order chi connectivity index (χ0) is 16.4. The fourth-order valence-corrected chi connectivity index (χ4v) is 5.18. The Balaban J connectivity index is 1.55. The zero-order valence-corrected chi connectivity index (χ0v) is 14.2. The molecule has 5 nitrogen and oxygen atoms in total. The Morgan fingerprint density at radius 2 is 1.87 bits per heavy atom. The first-order chi connectivity index (χ1) is 11.0. The normalized spacial score (nSPS) is 23.5. The molecule has 2 heterocycles. The fraction of sp³-hybridized carbons (Fsp3) is 0.529. The number of carbonyl (C=O) groups is 2. The Morgan fingerprint density at radius 3 is 2.43 bits per heavy atom. The minimum atomic E-state index is -1.15. The van der Waals surface area contributed by atoms with Gasteiger partial charge in [-0.1, -0.05) is 30.3 Å². The summed E-state index contributed by atoms with van der Waals surface area (Å²) in [5.41, 5.74) is 1.16. The third kappa shape index (κ3) is 3.04. The molecule has 1 atom stereocenters. The molecule has 1 aromatic carbocycles. The van der Waals surface area contributed by atoms with Crippen molar-refractivity contribution in [3.63, 3.8) is 0 Å². The molecule has 0 bridgehead atoms. The summed E-state index contributed by atoms with van der Waals surface area (Å²) >= 11 is 0. The molecule has 3 rings (SSSR count). The third-order valence-electron chi connectivity index (χ3n) is 5.03. The smallest absolute Gasteiger partial charge is 0.236 e. The van der Waals surface area contributed by atoms with Crippen LogP contribution in [0.2, 0.25) is 0 Å². The van der Waals surface area contributed by atoms with Crippen LogP contribution in [-0.2, 0) is 26.8 Å². The Morgan fingerprint density at radius 1 is 1.22 bits per heavy atom. The van der Waals surface area contributed by atoms with E-state index in [4.69, 9.17) is 0 Å². The van der Waals surface area contributed by atoms with Gasteiger partial charge in [0.15, 0.2) is 0 Å². The molecule has 0 radical (unpaired) electrons. The molecule has 6 heteroatoms.